The zero-order valence-electron chi connectivity index (χ0n) is 10.7. The first kappa shape index (κ1) is 14.3. The molecule has 0 amide bonds. The molecule has 0 aromatic heterocycles. The molecule has 0 aliphatic carbocycles. The summed E-state index contributed by atoms with van der Waals surface area (Å²) in [6.07, 6.45) is 8.10. The molecule has 0 bridgehead atoms. The predicted molar refractivity (Wildman–Crippen MR) is 73.4 cm³/mol. The molecule has 0 aromatic rings. The van der Waals surface area contributed by atoms with Crippen molar-refractivity contribution in [2.45, 2.75) is 51.6 Å². The van der Waals surface area contributed by atoms with Gasteiger partial charge in [0.25, 0.3) is 0 Å². The van der Waals surface area contributed by atoms with E-state index in [1.807, 2.05) is 0 Å². The number of ether oxygens (including phenoxy) is 1. The standard InChI is InChI=1S/C13H27NOS/c1-2-10-15-13-7-6-9-14(12-13)8-4-3-5-11-16/h13,16H,2-12H2,1H3. The van der Waals surface area contributed by atoms with Crippen LogP contribution in [0.1, 0.15) is 45.4 Å². The number of likely N-dealkylation sites (tertiary alicyclic amines) is 1. The quantitative estimate of drug-likeness (QED) is 0.521. The number of thiol groups is 1. The molecule has 96 valence electrons. The molecule has 1 rings (SSSR count). The van der Waals surface area contributed by atoms with Gasteiger partial charge in [0.15, 0.2) is 0 Å². The van der Waals surface area contributed by atoms with Crippen molar-refractivity contribution in [1.29, 1.82) is 0 Å². The second-order valence-electron chi connectivity index (χ2n) is 4.72. The summed E-state index contributed by atoms with van der Waals surface area (Å²) in [5.74, 6) is 1.03. The average Bonchev–Trinajstić information content (AvgIpc) is 2.33. The van der Waals surface area contributed by atoms with E-state index in [1.165, 1.54) is 45.2 Å². The van der Waals surface area contributed by atoms with E-state index >= 15 is 0 Å². The first-order valence-electron chi connectivity index (χ1n) is 6.81. The highest BCUT2D eigenvalue weighted by molar-refractivity contribution is 7.80. The van der Waals surface area contributed by atoms with Gasteiger partial charge in [-0.15, -0.1) is 0 Å². The van der Waals surface area contributed by atoms with E-state index in [0.29, 0.717) is 6.10 Å². The number of piperidine rings is 1. The van der Waals surface area contributed by atoms with E-state index in [1.54, 1.807) is 0 Å². The molecule has 16 heavy (non-hydrogen) atoms. The van der Waals surface area contributed by atoms with Crippen molar-refractivity contribution in [3.8, 4) is 0 Å². The highest BCUT2D eigenvalue weighted by atomic mass is 32.1. The lowest BCUT2D eigenvalue weighted by atomic mass is 10.1. The smallest absolute Gasteiger partial charge is 0.0702 e. The van der Waals surface area contributed by atoms with Crippen LogP contribution in [-0.4, -0.2) is 43.0 Å². The van der Waals surface area contributed by atoms with Gasteiger partial charge in [0.05, 0.1) is 6.10 Å². The average molecular weight is 245 g/mol. The Morgan fingerprint density at radius 2 is 2.19 bits per heavy atom. The van der Waals surface area contributed by atoms with Crippen LogP contribution in [0.5, 0.6) is 0 Å². The summed E-state index contributed by atoms with van der Waals surface area (Å²) in [6.45, 7) is 6.78. The van der Waals surface area contributed by atoms with Crippen LogP contribution in [0.25, 0.3) is 0 Å². The van der Waals surface area contributed by atoms with Crippen LogP contribution in [0.4, 0.5) is 0 Å². The molecule has 0 spiro atoms. The van der Waals surface area contributed by atoms with E-state index in [2.05, 4.69) is 24.5 Å². The second kappa shape index (κ2) is 9.32. The van der Waals surface area contributed by atoms with E-state index in [0.717, 1.165) is 25.3 Å². The Morgan fingerprint density at radius 1 is 1.31 bits per heavy atom. The molecule has 1 unspecified atom stereocenters. The Bertz CT molecular complexity index is 166. The summed E-state index contributed by atoms with van der Waals surface area (Å²) in [5.41, 5.74) is 0. The molecule has 0 saturated carbocycles. The van der Waals surface area contributed by atoms with Crippen molar-refractivity contribution in [2.75, 3.05) is 32.0 Å². The highest BCUT2D eigenvalue weighted by Gasteiger charge is 2.19. The third kappa shape index (κ3) is 6.12. The Morgan fingerprint density at radius 3 is 2.94 bits per heavy atom. The number of rotatable bonds is 8. The SMILES string of the molecule is CCCOC1CCCN(CCCCCS)C1. The van der Waals surface area contributed by atoms with E-state index in [9.17, 15) is 0 Å². The minimum Gasteiger partial charge on any atom is -0.377 e. The van der Waals surface area contributed by atoms with E-state index in [4.69, 9.17) is 4.74 Å². The minimum atomic E-state index is 0.499. The lowest BCUT2D eigenvalue weighted by Crippen LogP contribution is -2.40. The van der Waals surface area contributed by atoms with Gasteiger partial charge in [-0.2, -0.15) is 12.6 Å². The normalized spacial score (nSPS) is 22.5. The van der Waals surface area contributed by atoms with Crippen molar-refractivity contribution in [3.05, 3.63) is 0 Å². The van der Waals surface area contributed by atoms with Crippen LogP contribution < -0.4 is 0 Å². The van der Waals surface area contributed by atoms with E-state index < -0.39 is 0 Å². The molecule has 0 aromatic carbocycles. The predicted octanol–water partition coefficient (Wildman–Crippen LogP) is 2.98. The van der Waals surface area contributed by atoms with Gasteiger partial charge in [-0.25, -0.2) is 0 Å². The van der Waals surface area contributed by atoms with Crippen LogP contribution in [0.15, 0.2) is 0 Å². The molecule has 1 heterocycles. The number of unbranched alkanes of at least 4 members (excludes halogenated alkanes) is 2. The summed E-state index contributed by atoms with van der Waals surface area (Å²) in [4.78, 5) is 2.57. The molecule has 1 aliphatic heterocycles. The maximum Gasteiger partial charge on any atom is 0.0702 e. The molecule has 1 aliphatic rings. The minimum absolute atomic E-state index is 0.499. The molecule has 0 N–H and O–H groups in total. The van der Waals surface area contributed by atoms with Gasteiger partial charge in [-0.3, -0.25) is 0 Å². The summed E-state index contributed by atoms with van der Waals surface area (Å²) >= 11 is 4.24. The topological polar surface area (TPSA) is 12.5 Å². The first-order valence-corrected chi connectivity index (χ1v) is 7.45. The lowest BCUT2D eigenvalue weighted by molar-refractivity contribution is -0.000330. The molecule has 0 radical (unpaired) electrons. The van der Waals surface area contributed by atoms with Gasteiger partial charge in [0.1, 0.15) is 0 Å². The molecule has 2 nitrogen and oxygen atoms in total. The van der Waals surface area contributed by atoms with Gasteiger partial charge < -0.3 is 9.64 Å². The fourth-order valence-corrected chi connectivity index (χ4v) is 2.48. The van der Waals surface area contributed by atoms with Crippen molar-refractivity contribution in [2.24, 2.45) is 0 Å². The fraction of sp³-hybridized carbons (Fsp3) is 1.00. The molecule has 1 atom stereocenters. The molecular weight excluding hydrogens is 218 g/mol. The van der Waals surface area contributed by atoms with Crippen LogP contribution in [0, 0.1) is 0 Å². The van der Waals surface area contributed by atoms with Crippen LogP contribution in [-0.2, 0) is 4.74 Å². The fourth-order valence-electron chi connectivity index (χ4n) is 2.26. The maximum absolute atomic E-state index is 5.84. The Kier molecular flexibility index (Phi) is 8.34. The van der Waals surface area contributed by atoms with Gasteiger partial charge in [0, 0.05) is 13.2 Å². The second-order valence-corrected chi connectivity index (χ2v) is 5.17. The summed E-state index contributed by atoms with van der Waals surface area (Å²) in [7, 11) is 0. The van der Waals surface area contributed by atoms with Crippen LogP contribution in [0.2, 0.25) is 0 Å². The zero-order chi connectivity index (χ0) is 11.6. The zero-order valence-corrected chi connectivity index (χ0v) is 11.6. The van der Waals surface area contributed by atoms with Gasteiger partial charge in [-0.1, -0.05) is 13.3 Å². The first-order chi connectivity index (χ1) is 7.86. The van der Waals surface area contributed by atoms with Gasteiger partial charge in [-0.05, 0) is 50.9 Å². The third-order valence-corrected chi connectivity index (χ3v) is 3.47. The Labute approximate surface area is 106 Å². The monoisotopic (exact) mass is 245 g/mol. The molecular formula is C13H27NOS. The maximum atomic E-state index is 5.84. The largest absolute Gasteiger partial charge is 0.377 e. The van der Waals surface area contributed by atoms with Crippen molar-refractivity contribution in [3.63, 3.8) is 0 Å². The number of hydrogen-bond acceptors (Lipinski definition) is 3. The Balaban J connectivity index is 2.07. The van der Waals surface area contributed by atoms with Crippen molar-refractivity contribution in [1.82, 2.24) is 4.90 Å². The summed E-state index contributed by atoms with van der Waals surface area (Å²) in [6, 6.07) is 0. The molecule has 1 saturated heterocycles. The van der Waals surface area contributed by atoms with Gasteiger partial charge in [0.2, 0.25) is 0 Å². The summed E-state index contributed by atoms with van der Waals surface area (Å²) in [5, 5.41) is 0. The lowest BCUT2D eigenvalue weighted by Gasteiger charge is -2.32. The van der Waals surface area contributed by atoms with E-state index in [-0.39, 0.29) is 0 Å². The van der Waals surface area contributed by atoms with Crippen LogP contribution >= 0.6 is 12.6 Å². The van der Waals surface area contributed by atoms with Crippen molar-refractivity contribution < 1.29 is 4.74 Å². The van der Waals surface area contributed by atoms with Crippen LogP contribution in [0.3, 0.4) is 0 Å². The number of nitrogens with zero attached hydrogens (tertiary/aromatic N) is 1. The third-order valence-electron chi connectivity index (χ3n) is 3.15. The van der Waals surface area contributed by atoms with Gasteiger partial charge >= 0.3 is 0 Å². The molecule has 3 heteroatoms. The van der Waals surface area contributed by atoms with Crippen molar-refractivity contribution >= 4 is 12.6 Å². The highest BCUT2D eigenvalue weighted by Crippen LogP contribution is 2.14. The summed E-state index contributed by atoms with van der Waals surface area (Å²) < 4.78 is 5.84. The molecule has 1 fully saturated rings. The number of hydrogen-bond donors (Lipinski definition) is 1. The Hall–Kier alpha value is 0.270.